The van der Waals surface area contributed by atoms with Gasteiger partial charge in [0.05, 0.1) is 0 Å². The van der Waals surface area contributed by atoms with Gasteiger partial charge in [0.1, 0.15) is 13.2 Å². The van der Waals surface area contributed by atoms with Crippen LogP contribution in [0.4, 0.5) is 0 Å². The van der Waals surface area contributed by atoms with Gasteiger partial charge in [-0.3, -0.25) is 4.79 Å². The summed E-state index contributed by atoms with van der Waals surface area (Å²) in [6.07, 6.45) is 1.49. The number of rotatable bonds is 9. The fraction of sp³-hybridized carbons (Fsp3) is 0.833. The molecule has 0 saturated carbocycles. The molecule has 0 rings (SSSR count). The molecule has 0 amide bonds. The smallest absolute Gasteiger partial charge is 0.329 e. The van der Waals surface area contributed by atoms with E-state index in [1.54, 1.807) is 0 Å². The van der Waals surface area contributed by atoms with E-state index in [-0.39, 0.29) is 24.4 Å². The van der Waals surface area contributed by atoms with E-state index in [1.165, 1.54) is 0 Å². The van der Waals surface area contributed by atoms with E-state index in [1.807, 2.05) is 20.8 Å². The van der Waals surface area contributed by atoms with Gasteiger partial charge in [0.25, 0.3) is 0 Å². The number of hydrogen-bond acceptors (Lipinski definition) is 4. The van der Waals surface area contributed by atoms with Crippen molar-refractivity contribution < 1.29 is 24.2 Å². The molecule has 0 atom stereocenters. The Labute approximate surface area is 102 Å². The molecule has 1 N–H and O–H groups in total. The Morgan fingerprint density at radius 2 is 1.47 bits per heavy atom. The van der Waals surface area contributed by atoms with E-state index in [2.05, 4.69) is 0 Å². The summed E-state index contributed by atoms with van der Waals surface area (Å²) in [6, 6.07) is 0. The molecule has 0 heterocycles. The molecule has 0 saturated heterocycles. The van der Waals surface area contributed by atoms with Crippen LogP contribution in [0.3, 0.4) is 0 Å². The zero-order valence-corrected chi connectivity index (χ0v) is 10.8. The van der Waals surface area contributed by atoms with Crippen molar-refractivity contribution in [1.29, 1.82) is 0 Å². The average Bonchev–Trinajstić information content (AvgIpc) is 2.19. The number of carboxylic acids is 1. The van der Waals surface area contributed by atoms with Gasteiger partial charge in [0, 0.05) is 18.6 Å². The number of carbonyl (C=O) groups excluding carboxylic acids is 1. The fourth-order valence-corrected chi connectivity index (χ4v) is 0.949. The van der Waals surface area contributed by atoms with Crippen LogP contribution in [0.2, 0.25) is 0 Å². The van der Waals surface area contributed by atoms with Gasteiger partial charge in [-0.25, -0.2) is 4.79 Å². The topological polar surface area (TPSA) is 72.8 Å². The predicted molar refractivity (Wildman–Crippen MR) is 63.0 cm³/mol. The highest BCUT2D eigenvalue weighted by Gasteiger charge is 2.20. The van der Waals surface area contributed by atoms with Crippen LogP contribution in [-0.2, 0) is 19.1 Å². The maximum atomic E-state index is 11.5. The summed E-state index contributed by atoms with van der Waals surface area (Å²) in [4.78, 5) is 21.6. The zero-order chi connectivity index (χ0) is 13.3. The number of hydrogen-bond donors (Lipinski definition) is 1. The summed E-state index contributed by atoms with van der Waals surface area (Å²) in [5, 5.41) is 8.30. The van der Waals surface area contributed by atoms with Gasteiger partial charge < -0.3 is 14.6 Å². The van der Waals surface area contributed by atoms with Crippen molar-refractivity contribution in [1.82, 2.24) is 0 Å². The second-order valence-electron chi connectivity index (χ2n) is 4.88. The zero-order valence-electron chi connectivity index (χ0n) is 10.8. The van der Waals surface area contributed by atoms with E-state index in [0.29, 0.717) is 13.2 Å². The molecule has 5 heteroatoms. The lowest BCUT2D eigenvalue weighted by Crippen LogP contribution is -2.25. The highest BCUT2D eigenvalue weighted by atomic mass is 16.5. The molecule has 0 bridgehead atoms. The molecule has 100 valence electrons. The third-order valence-corrected chi connectivity index (χ3v) is 2.12. The van der Waals surface area contributed by atoms with Crippen LogP contribution in [0.1, 0.15) is 33.6 Å². The van der Waals surface area contributed by atoms with Gasteiger partial charge in [-0.15, -0.1) is 0 Å². The van der Waals surface area contributed by atoms with Crippen molar-refractivity contribution in [3.8, 4) is 0 Å². The number of ether oxygens (including phenoxy) is 2. The Kier molecular flexibility index (Phi) is 7.74. The molecule has 17 heavy (non-hydrogen) atoms. The number of unbranched alkanes of at least 4 members (excludes halogenated alkanes) is 1. The number of carboxylic acid groups (broad SMARTS) is 1. The Balaban J connectivity index is 3.30. The lowest BCUT2D eigenvalue weighted by atomic mass is 9.91. The number of carbonyl (C=O) groups is 2. The van der Waals surface area contributed by atoms with Crippen LogP contribution in [0.15, 0.2) is 0 Å². The minimum Gasteiger partial charge on any atom is -0.480 e. The third kappa shape index (κ3) is 9.96. The average molecular weight is 246 g/mol. The standard InChI is InChI=1S/C12H22O5/c1-12(2,3)10(13)8-16-6-4-5-7-17-9-11(14)15/h4-9H2,1-3H3,(H,14,15). The van der Waals surface area contributed by atoms with E-state index >= 15 is 0 Å². The first-order chi connectivity index (χ1) is 7.84. The molecule has 0 radical (unpaired) electrons. The molecule has 0 aromatic heterocycles. The minimum atomic E-state index is -0.961. The fourth-order valence-electron chi connectivity index (χ4n) is 0.949. The highest BCUT2D eigenvalue weighted by Crippen LogP contribution is 2.14. The van der Waals surface area contributed by atoms with Crippen molar-refractivity contribution in [2.24, 2.45) is 5.41 Å². The molecule has 0 spiro atoms. The van der Waals surface area contributed by atoms with Crippen molar-refractivity contribution in [3.05, 3.63) is 0 Å². The first-order valence-corrected chi connectivity index (χ1v) is 5.74. The molecule has 0 aliphatic rings. The van der Waals surface area contributed by atoms with Crippen LogP contribution >= 0.6 is 0 Å². The Hall–Kier alpha value is -0.940. The molecule has 0 aliphatic carbocycles. The van der Waals surface area contributed by atoms with Crippen LogP contribution in [0, 0.1) is 5.41 Å². The van der Waals surface area contributed by atoms with Gasteiger partial charge in [-0.1, -0.05) is 20.8 Å². The summed E-state index contributed by atoms with van der Waals surface area (Å²) < 4.78 is 10.1. The highest BCUT2D eigenvalue weighted by molar-refractivity contribution is 5.84. The van der Waals surface area contributed by atoms with Gasteiger partial charge in [-0.2, -0.15) is 0 Å². The quantitative estimate of drug-likeness (QED) is 0.624. The van der Waals surface area contributed by atoms with Crippen LogP contribution < -0.4 is 0 Å². The summed E-state index contributed by atoms with van der Waals surface area (Å²) in [6.45, 7) is 6.36. The van der Waals surface area contributed by atoms with E-state index < -0.39 is 5.97 Å². The number of Topliss-reactive ketones (excluding diaryl/α,β-unsaturated/α-hetero) is 1. The van der Waals surface area contributed by atoms with Crippen molar-refractivity contribution >= 4 is 11.8 Å². The number of aliphatic carboxylic acids is 1. The van der Waals surface area contributed by atoms with E-state index in [4.69, 9.17) is 14.6 Å². The van der Waals surface area contributed by atoms with Gasteiger partial charge in [0.2, 0.25) is 0 Å². The minimum absolute atomic E-state index is 0.0830. The second-order valence-corrected chi connectivity index (χ2v) is 4.88. The molecule has 0 aliphatic heterocycles. The summed E-state index contributed by atoms with van der Waals surface area (Å²) >= 11 is 0. The molecule has 0 aromatic rings. The summed E-state index contributed by atoms with van der Waals surface area (Å²) in [5.74, 6) is -0.878. The lowest BCUT2D eigenvalue weighted by molar-refractivity contribution is -0.142. The normalized spacial score (nSPS) is 11.5. The Morgan fingerprint density at radius 1 is 1.00 bits per heavy atom. The monoisotopic (exact) mass is 246 g/mol. The van der Waals surface area contributed by atoms with Gasteiger partial charge in [-0.05, 0) is 12.8 Å². The van der Waals surface area contributed by atoms with Crippen molar-refractivity contribution in [2.45, 2.75) is 33.6 Å². The maximum absolute atomic E-state index is 11.5. The maximum Gasteiger partial charge on any atom is 0.329 e. The van der Waals surface area contributed by atoms with E-state index in [0.717, 1.165) is 12.8 Å². The summed E-state index contributed by atoms with van der Waals surface area (Å²) in [7, 11) is 0. The Bertz CT molecular complexity index is 242. The molecular formula is C12H22O5. The van der Waals surface area contributed by atoms with E-state index in [9.17, 15) is 9.59 Å². The van der Waals surface area contributed by atoms with Crippen LogP contribution in [-0.4, -0.2) is 43.3 Å². The molecule has 0 unspecified atom stereocenters. The third-order valence-electron chi connectivity index (χ3n) is 2.12. The van der Waals surface area contributed by atoms with Gasteiger partial charge in [0.15, 0.2) is 5.78 Å². The van der Waals surface area contributed by atoms with Crippen molar-refractivity contribution in [3.63, 3.8) is 0 Å². The van der Waals surface area contributed by atoms with Crippen LogP contribution in [0.25, 0.3) is 0 Å². The number of ketones is 1. The molecule has 0 fully saturated rings. The van der Waals surface area contributed by atoms with Gasteiger partial charge >= 0.3 is 5.97 Å². The summed E-state index contributed by atoms with van der Waals surface area (Å²) in [5.41, 5.74) is -0.357. The SMILES string of the molecule is CC(C)(C)C(=O)COCCCCOCC(=O)O. The predicted octanol–water partition coefficient (Wildman–Crippen LogP) is 1.50. The lowest BCUT2D eigenvalue weighted by Gasteiger charge is -2.16. The van der Waals surface area contributed by atoms with Crippen molar-refractivity contribution in [2.75, 3.05) is 26.4 Å². The first kappa shape index (κ1) is 16.1. The largest absolute Gasteiger partial charge is 0.480 e. The Morgan fingerprint density at radius 3 is 1.88 bits per heavy atom. The molecule has 0 aromatic carbocycles. The van der Waals surface area contributed by atoms with Crippen LogP contribution in [0.5, 0.6) is 0 Å². The molecule has 5 nitrogen and oxygen atoms in total. The molecular weight excluding hydrogens is 224 g/mol. The first-order valence-electron chi connectivity index (χ1n) is 5.74. The second kappa shape index (κ2) is 8.20.